The Kier molecular flexibility index (Phi) is 3.46. The van der Waals surface area contributed by atoms with E-state index in [1.807, 2.05) is 42.6 Å². The smallest absolute Gasteiger partial charge is 0.100 e. The van der Waals surface area contributed by atoms with E-state index in [1.165, 1.54) is 0 Å². The summed E-state index contributed by atoms with van der Waals surface area (Å²) in [5.41, 5.74) is 10.1. The van der Waals surface area contributed by atoms with Crippen LogP contribution in [0.1, 0.15) is 5.56 Å². The molecule has 0 bridgehead atoms. The van der Waals surface area contributed by atoms with Crippen LogP contribution >= 0.6 is 15.9 Å². The molecule has 0 atom stereocenters. The van der Waals surface area contributed by atoms with Crippen LogP contribution in [0.3, 0.4) is 0 Å². The third-order valence-electron chi connectivity index (χ3n) is 3.19. The summed E-state index contributed by atoms with van der Waals surface area (Å²) in [4.78, 5) is 0. The first-order chi connectivity index (χ1) is 10.2. The summed E-state index contributed by atoms with van der Waals surface area (Å²) in [5, 5.41) is 13.3. The number of rotatable bonds is 2. The second kappa shape index (κ2) is 5.43. The van der Waals surface area contributed by atoms with Gasteiger partial charge in [0.15, 0.2) is 0 Å². The SMILES string of the molecule is N#Cc1ccc(-n2cc(-c3ccccc3N)cn2)cc1Br. The van der Waals surface area contributed by atoms with Gasteiger partial charge in [0.2, 0.25) is 0 Å². The van der Waals surface area contributed by atoms with E-state index in [0.717, 1.165) is 27.0 Å². The predicted molar refractivity (Wildman–Crippen MR) is 85.8 cm³/mol. The molecule has 3 rings (SSSR count). The zero-order valence-corrected chi connectivity index (χ0v) is 12.6. The molecular formula is C16H11BrN4. The number of benzene rings is 2. The van der Waals surface area contributed by atoms with Gasteiger partial charge in [0, 0.05) is 27.5 Å². The topological polar surface area (TPSA) is 67.6 Å². The van der Waals surface area contributed by atoms with Crippen LogP contribution in [0.4, 0.5) is 5.69 Å². The summed E-state index contributed by atoms with van der Waals surface area (Å²) in [6, 6.07) is 15.3. The van der Waals surface area contributed by atoms with Gasteiger partial charge in [-0.1, -0.05) is 18.2 Å². The molecule has 4 nitrogen and oxygen atoms in total. The molecule has 5 heteroatoms. The number of anilines is 1. The summed E-state index contributed by atoms with van der Waals surface area (Å²) in [6.45, 7) is 0. The van der Waals surface area contributed by atoms with Crippen LogP contribution < -0.4 is 5.73 Å². The zero-order valence-electron chi connectivity index (χ0n) is 11.0. The third-order valence-corrected chi connectivity index (χ3v) is 3.85. The summed E-state index contributed by atoms with van der Waals surface area (Å²) >= 11 is 3.38. The Balaban J connectivity index is 2.01. The van der Waals surface area contributed by atoms with Crippen molar-refractivity contribution in [1.29, 1.82) is 5.26 Å². The maximum absolute atomic E-state index is 8.95. The third kappa shape index (κ3) is 2.54. The molecule has 0 radical (unpaired) electrons. The largest absolute Gasteiger partial charge is 0.398 e. The Bertz CT molecular complexity index is 845. The van der Waals surface area contributed by atoms with E-state index in [0.29, 0.717) is 5.56 Å². The molecule has 21 heavy (non-hydrogen) atoms. The van der Waals surface area contributed by atoms with E-state index in [2.05, 4.69) is 27.1 Å². The molecular weight excluding hydrogens is 328 g/mol. The van der Waals surface area contributed by atoms with E-state index in [-0.39, 0.29) is 0 Å². The minimum Gasteiger partial charge on any atom is -0.398 e. The van der Waals surface area contributed by atoms with Gasteiger partial charge in [0.1, 0.15) is 6.07 Å². The number of aromatic nitrogens is 2. The molecule has 0 unspecified atom stereocenters. The van der Waals surface area contributed by atoms with Crippen LogP contribution in [-0.4, -0.2) is 9.78 Å². The van der Waals surface area contributed by atoms with E-state index >= 15 is 0 Å². The first-order valence-electron chi connectivity index (χ1n) is 6.28. The van der Waals surface area contributed by atoms with Crippen LogP contribution in [-0.2, 0) is 0 Å². The lowest BCUT2D eigenvalue weighted by Gasteiger charge is -2.03. The lowest BCUT2D eigenvalue weighted by atomic mass is 10.1. The summed E-state index contributed by atoms with van der Waals surface area (Å²) in [6.07, 6.45) is 3.69. The van der Waals surface area contributed by atoms with Gasteiger partial charge in [-0.25, -0.2) is 4.68 Å². The van der Waals surface area contributed by atoms with Gasteiger partial charge < -0.3 is 5.73 Å². The second-order valence-electron chi connectivity index (χ2n) is 4.54. The number of nitrogens with zero attached hydrogens (tertiary/aromatic N) is 3. The first kappa shape index (κ1) is 13.4. The molecule has 1 heterocycles. The number of hydrogen-bond donors (Lipinski definition) is 1. The number of nitriles is 1. The highest BCUT2D eigenvalue weighted by Gasteiger charge is 2.07. The van der Waals surface area contributed by atoms with Crippen molar-refractivity contribution in [3.8, 4) is 22.9 Å². The predicted octanol–water partition coefficient (Wildman–Crippen LogP) is 3.76. The number of para-hydroxylation sites is 1. The Morgan fingerprint density at radius 1 is 1.19 bits per heavy atom. The van der Waals surface area contributed by atoms with Gasteiger partial charge in [0.25, 0.3) is 0 Å². The van der Waals surface area contributed by atoms with Gasteiger partial charge in [-0.2, -0.15) is 10.4 Å². The Labute approximate surface area is 130 Å². The van der Waals surface area contributed by atoms with Gasteiger partial charge in [-0.05, 0) is 40.2 Å². The van der Waals surface area contributed by atoms with Gasteiger partial charge in [0.05, 0.1) is 17.4 Å². The molecule has 0 aliphatic heterocycles. The maximum atomic E-state index is 8.95. The normalized spacial score (nSPS) is 10.3. The summed E-state index contributed by atoms with van der Waals surface area (Å²) in [7, 11) is 0. The lowest BCUT2D eigenvalue weighted by molar-refractivity contribution is 0.879. The first-order valence-corrected chi connectivity index (χ1v) is 7.08. The van der Waals surface area contributed by atoms with Crippen molar-refractivity contribution >= 4 is 21.6 Å². The highest BCUT2D eigenvalue weighted by atomic mass is 79.9. The number of halogens is 1. The fourth-order valence-corrected chi connectivity index (χ4v) is 2.56. The van der Waals surface area contributed by atoms with Crippen LogP contribution in [0, 0.1) is 11.3 Å². The van der Waals surface area contributed by atoms with Gasteiger partial charge in [-0.3, -0.25) is 0 Å². The molecule has 0 saturated carbocycles. The average molecular weight is 339 g/mol. The average Bonchev–Trinajstić information content (AvgIpc) is 2.97. The van der Waals surface area contributed by atoms with Crippen molar-refractivity contribution in [1.82, 2.24) is 9.78 Å². The van der Waals surface area contributed by atoms with Crippen molar-refractivity contribution in [3.63, 3.8) is 0 Å². The molecule has 102 valence electrons. The van der Waals surface area contributed by atoms with Crippen LogP contribution in [0.15, 0.2) is 59.3 Å². The van der Waals surface area contributed by atoms with Crippen molar-refractivity contribution in [3.05, 3.63) is 64.9 Å². The van der Waals surface area contributed by atoms with Gasteiger partial charge in [-0.15, -0.1) is 0 Å². The van der Waals surface area contributed by atoms with Crippen LogP contribution in [0.2, 0.25) is 0 Å². The van der Waals surface area contributed by atoms with Crippen molar-refractivity contribution < 1.29 is 0 Å². The van der Waals surface area contributed by atoms with Crippen molar-refractivity contribution in [2.24, 2.45) is 0 Å². The highest BCUT2D eigenvalue weighted by molar-refractivity contribution is 9.10. The quantitative estimate of drug-likeness (QED) is 0.723. The standard InChI is InChI=1S/C16H11BrN4/c17-15-7-13(6-5-11(15)8-18)21-10-12(9-20-21)14-3-1-2-4-16(14)19/h1-7,9-10H,19H2. The molecule has 2 aromatic carbocycles. The summed E-state index contributed by atoms with van der Waals surface area (Å²) < 4.78 is 2.51. The number of nitrogens with two attached hydrogens (primary N) is 1. The molecule has 0 aliphatic carbocycles. The molecule has 0 spiro atoms. The molecule has 3 aromatic rings. The Morgan fingerprint density at radius 3 is 2.71 bits per heavy atom. The summed E-state index contributed by atoms with van der Waals surface area (Å²) in [5.74, 6) is 0. The number of hydrogen-bond acceptors (Lipinski definition) is 3. The van der Waals surface area contributed by atoms with E-state index in [1.54, 1.807) is 16.9 Å². The maximum Gasteiger partial charge on any atom is 0.100 e. The van der Waals surface area contributed by atoms with E-state index < -0.39 is 0 Å². The monoisotopic (exact) mass is 338 g/mol. The molecule has 0 aliphatic rings. The highest BCUT2D eigenvalue weighted by Crippen LogP contribution is 2.26. The number of nitrogen functional groups attached to an aromatic ring is 1. The lowest BCUT2D eigenvalue weighted by Crippen LogP contribution is -1.94. The zero-order chi connectivity index (χ0) is 14.8. The molecule has 1 aromatic heterocycles. The van der Waals surface area contributed by atoms with E-state index in [9.17, 15) is 0 Å². The fraction of sp³-hybridized carbons (Fsp3) is 0. The molecule has 2 N–H and O–H groups in total. The molecule has 0 fully saturated rings. The molecule has 0 amide bonds. The van der Waals surface area contributed by atoms with Crippen molar-refractivity contribution in [2.45, 2.75) is 0 Å². The fourth-order valence-electron chi connectivity index (χ4n) is 2.10. The molecule has 0 saturated heterocycles. The van der Waals surface area contributed by atoms with Crippen LogP contribution in [0.5, 0.6) is 0 Å². The minimum atomic E-state index is 0.596. The van der Waals surface area contributed by atoms with Gasteiger partial charge >= 0.3 is 0 Å². The Hall–Kier alpha value is -2.58. The van der Waals surface area contributed by atoms with E-state index in [4.69, 9.17) is 11.0 Å². The minimum absolute atomic E-state index is 0.596. The second-order valence-corrected chi connectivity index (χ2v) is 5.39. The Morgan fingerprint density at radius 2 is 2.00 bits per heavy atom. The van der Waals surface area contributed by atoms with Crippen molar-refractivity contribution in [2.75, 3.05) is 5.73 Å². The van der Waals surface area contributed by atoms with Crippen LogP contribution in [0.25, 0.3) is 16.8 Å².